The maximum Gasteiger partial charge on any atom is 0.342 e. The first-order chi connectivity index (χ1) is 24.9. The first kappa shape index (κ1) is 37.1. The fourth-order valence-corrected chi connectivity index (χ4v) is 7.28. The van der Waals surface area contributed by atoms with Crippen molar-refractivity contribution in [3.63, 3.8) is 0 Å². The molecule has 3 N–H and O–H groups in total. The Hall–Kier alpha value is -4.72. The van der Waals surface area contributed by atoms with E-state index in [1.807, 2.05) is 13.0 Å². The van der Waals surface area contributed by atoms with Gasteiger partial charge in [-0.05, 0) is 101 Å². The molecule has 0 radical (unpaired) electrons. The highest BCUT2D eigenvalue weighted by Gasteiger charge is 2.26. The summed E-state index contributed by atoms with van der Waals surface area (Å²) in [5.74, 6) is -1.06. The second kappa shape index (κ2) is 15.9. The third-order valence-electron chi connectivity index (χ3n) is 9.70. The van der Waals surface area contributed by atoms with Crippen LogP contribution in [0.1, 0.15) is 146 Å². The molecule has 2 saturated carbocycles. The molecule has 1 amide bonds. The number of amides is 1. The minimum atomic E-state index is -2.23. The highest BCUT2D eigenvalue weighted by atomic mass is 32.2. The molecule has 13 nitrogen and oxygen atoms in total. The van der Waals surface area contributed by atoms with Crippen molar-refractivity contribution in [2.45, 2.75) is 122 Å². The van der Waals surface area contributed by atoms with Crippen molar-refractivity contribution in [1.29, 1.82) is 0 Å². The van der Waals surface area contributed by atoms with Gasteiger partial charge in [0.25, 0.3) is 5.91 Å². The van der Waals surface area contributed by atoms with Crippen molar-refractivity contribution < 1.29 is 32.2 Å². The van der Waals surface area contributed by atoms with E-state index in [1.165, 1.54) is 18.2 Å². The normalized spacial score (nSPS) is 16.9. The summed E-state index contributed by atoms with van der Waals surface area (Å²) in [6.45, 7) is 9.90. The van der Waals surface area contributed by atoms with E-state index in [0.29, 0.717) is 28.3 Å². The molecule has 2 unspecified atom stereocenters. The number of fused-ring (bicyclic) bond motifs is 1. The lowest BCUT2D eigenvalue weighted by Crippen LogP contribution is -2.29. The van der Waals surface area contributed by atoms with Gasteiger partial charge in [-0.2, -0.15) is 4.21 Å². The molecule has 0 aliphatic heterocycles. The molecule has 4 aromatic rings. The van der Waals surface area contributed by atoms with Gasteiger partial charge in [-0.1, -0.05) is 39.7 Å². The molecule has 2 aromatic carbocycles. The summed E-state index contributed by atoms with van der Waals surface area (Å²) < 4.78 is 35.3. The van der Waals surface area contributed by atoms with Gasteiger partial charge in [0, 0.05) is 22.7 Å². The predicted molar refractivity (Wildman–Crippen MR) is 197 cm³/mol. The maximum absolute atomic E-state index is 13.5. The van der Waals surface area contributed by atoms with Crippen molar-refractivity contribution in [2.75, 3.05) is 4.72 Å². The van der Waals surface area contributed by atoms with Crippen LogP contribution in [0.15, 0.2) is 42.5 Å². The molecule has 0 spiro atoms. The topological polar surface area (TPSA) is 166 Å². The number of ether oxygens (including phenoxy) is 2. The predicted octanol–water partition coefficient (Wildman–Crippen LogP) is 7.20. The van der Waals surface area contributed by atoms with Gasteiger partial charge >= 0.3 is 23.2 Å². The van der Waals surface area contributed by atoms with E-state index in [1.54, 1.807) is 29.6 Å². The van der Waals surface area contributed by atoms with Gasteiger partial charge in [-0.25, -0.2) is 14.1 Å². The third-order valence-corrected chi connectivity index (χ3v) is 10.4. The maximum atomic E-state index is 13.5. The van der Waals surface area contributed by atoms with Gasteiger partial charge in [0.15, 0.2) is 17.2 Å². The Balaban J connectivity index is 1.17. The second-order valence-corrected chi connectivity index (χ2v) is 15.7. The molecule has 0 bridgehead atoms. The average molecular weight is 733 g/mol. The van der Waals surface area contributed by atoms with Gasteiger partial charge < -0.3 is 19.0 Å². The number of rotatable bonds is 11. The summed E-state index contributed by atoms with van der Waals surface area (Å²) in [6.07, 6.45) is 8.96. The first-order valence-corrected chi connectivity index (χ1v) is 19.2. The zero-order chi connectivity index (χ0) is 37.0. The number of hydrogen-bond donors (Lipinski definition) is 3. The fraction of sp³-hybridized carbons (Fsp3) is 0.500. The zero-order valence-electron chi connectivity index (χ0n) is 30.5. The molecule has 2 fully saturated rings. The second-order valence-electron chi connectivity index (χ2n) is 14.9. The van der Waals surface area contributed by atoms with E-state index in [-0.39, 0.29) is 40.4 Å². The van der Waals surface area contributed by atoms with Crippen LogP contribution in [-0.2, 0) is 26.2 Å². The standard InChI is InChI=1S/C38H48N6O7S/c1-23-16-18-26(21-30(23)35(45)39-24(2)34-41-40-33-22-32(38(3,4)5)42-44(33)34)43-52(48)51-31-20-25(36(46)49-27-12-8-6-9-13-27)17-19-29(31)37(47)50-28-14-10-7-11-15-28/h16-22,24,27-28,42-43H,6-15H2,1-5H3,(H,39,45). The number of aromatic amines is 1. The number of esters is 2. The number of aryl methyl sites for hydroxylation is 1. The number of aromatic nitrogens is 4. The van der Waals surface area contributed by atoms with Gasteiger partial charge in [-0.15, -0.1) is 10.2 Å². The van der Waals surface area contributed by atoms with E-state index >= 15 is 0 Å². The van der Waals surface area contributed by atoms with Crippen molar-refractivity contribution in [2.24, 2.45) is 0 Å². The number of nitrogens with one attached hydrogen (secondary N) is 3. The Morgan fingerprint density at radius 3 is 2.17 bits per heavy atom. The molecule has 14 heteroatoms. The Kier molecular flexibility index (Phi) is 11.3. The summed E-state index contributed by atoms with van der Waals surface area (Å²) in [5, 5.41) is 14.9. The van der Waals surface area contributed by atoms with Crippen LogP contribution in [0.5, 0.6) is 5.75 Å². The minimum Gasteiger partial charge on any atom is -0.459 e. The Bertz CT molecular complexity index is 1950. The average Bonchev–Trinajstić information content (AvgIpc) is 3.72. The van der Waals surface area contributed by atoms with Crippen molar-refractivity contribution in [3.05, 3.63) is 76.2 Å². The lowest BCUT2D eigenvalue weighted by Gasteiger charge is -2.23. The van der Waals surface area contributed by atoms with Gasteiger partial charge in [0.2, 0.25) is 0 Å². The number of benzene rings is 2. The number of carbonyl (C=O) groups excluding carboxylic acids is 3. The molecule has 2 atom stereocenters. The minimum absolute atomic E-state index is 0.0483. The largest absolute Gasteiger partial charge is 0.459 e. The smallest absolute Gasteiger partial charge is 0.342 e. The van der Waals surface area contributed by atoms with Crippen LogP contribution in [0.4, 0.5) is 5.69 Å². The van der Waals surface area contributed by atoms with E-state index in [0.717, 1.165) is 69.9 Å². The number of nitrogens with zero attached hydrogens (tertiary/aromatic N) is 3. The third kappa shape index (κ3) is 8.83. The van der Waals surface area contributed by atoms with E-state index in [9.17, 15) is 18.6 Å². The van der Waals surface area contributed by atoms with Gasteiger partial charge in [0.05, 0.1) is 17.3 Å². The molecule has 278 valence electrons. The lowest BCUT2D eigenvalue weighted by atomic mass is 9.93. The highest BCUT2D eigenvalue weighted by Crippen LogP contribution is 2.29. The Morgan fingerprint density at radius 2 is 1.52 bits per heavy atom. The van der Waals surface area contributed by atoms with Crippen LogP contribution < -0.4 is 14.2 Å². The fourth-order valence-electron chi connectivity index (χ4n) is 6.62. The van der Waals surface area contributed by atoms with Gasteiger partial charge in [0.1, 0.15) is 17.8 Å². The van der Waals surface area contributed by atoms with Crippen LogP contribution in [0.25, 0.3) is 5.65 Å². The monoisotopic (exact) mass is 732 g/mol. The summed E-state index contributed by atoms with van der Waals surface area (Å²) in [6, 6.07) is 10.7. The number of hydrogen-bond acceptors (Lipinski definition) is 9. The van der Waals surface area contributed by atoms with Crippen molar-refractivity contribution >= 4 is 40.4 Å². The van der Waals surface area contributed by atoms with E-state index in [4.69, 9.17) is 13.7 Å². The van der Waals surface area contributed by atoms with Gasteiger partial charge in [-0.3, -0.25) is 14.6 Å². The zero-order valence-corrected chi connectivity index (χ0v) is 31.3. The summed E-state index contributed by atoms with van der Waals surface area (Å²) >= 11 is -2.23. The van der Waals surface area contributed by atoms with Crippen LogP contribution in [0.2, 0.25) is 0 Å². The highest BCUT2D eigenvalue weighted by molar-refractivity contribution is 7.82. The Morgan fingerprint density at radius 1 is 0.865 bits per heavy atom. The number of carbonyl (C=O) groups is 3. The van der Waals surface area contributed by atoms with Crippen LogP contribution in [-0.4, -0.2) is 54.1 Å². The number of H-pyrrole nitrogens is 1. The van der Waals surface area contributed by atoms with Crippen LogP contribution in [0, 0.1) is 6.92 Å². The SMILES string of the molecule is Cc1ccc(NS(=O)Oc2cc(C(=O)OC3CCCCC3)ccc2C(=O)OC2CCCCC2)cc1C(=O)NC(C)c1nnc2cc(C(C)(C)C)[nH]n12. The molecule has 52 heavy (non-hydrogen) atoms. The Labute approximate surface area is 306 Å². The lowest BCUT2D eigenvalue weighted by molar-refractivity contribution is 0.0195. The van der Waals surface area contributed by atoms with Crippen LogP contribution in [0.3, 0.4) is 0 Å². The van der Waals surface area contributed by atoms with E-state index < -0.39 is 29.2 Å². The summed E-state index contributed by atoms with van der Waals surface area (Å²) in [4.78, 5) is 39.9. The molecule has 2 aliphatic carbocycles. The molecular weight excluding hydrogens is 685 g/mol. The molecule has 2 aliphatic rings. The first-order valence-electron chi connectivity index (χ1n) is 18.1. The van der Waals surface area contributed by atoms with Crippen molar-refractivity contribution in [1.82, 2.24) is 25.1 Å². The van der Waals surface area contributed by atoms with Crippen molar-refractivity contribution in [3.8, 4) is 5.75 Å². The number of anilines is 1. The summed E-state index contributed by atoms with van der Waals surface area (Å²) in [7, 11) is 0. The molecule has 2 aromatic heterocycles. The van der Waals surface area contributed by atoms with Crippen LogP contribution >= 0.6 is 0 Å². The molecule has 2 heterocycles. The molecule has 6 rings (SSSR count). The molecule has 0 saturated heterocycles. The van der Waals surface area contributed by atoms with E-state index in [2.05, 4.69) is 46.1 Å². The quantitative estimate of drug-likeness (QED) is 0.135. The summed E-state index contributed by atoms with van der Waals surface area (Å²) in [5.41, 5.74) is 3.12. The molecular formula is C38H48N6O7S.